The van der Waals surface area contributed by atoms with Crippen LogP contribution in [0, 0.1) is 33.9 Å². The van der Waals surface area contributed by atoms with Crippen LogP contribution in [0.1, 0.15) is 114 Å². The third-order valence-corrected chi connectivity index (χ3v) is 13.9. The maximum atomic E-state index is 15.9. The van der Waals surface area contributed by atoms with Gasteiger partial charge < -0.3 is 20.3 Å². The standard InChI is InChI=1S/C45H49ClFN7O6/c1-44(2)42(45(3,4)43(44)60-29-7-5-27(22-48)33(46)19-29)54-37(55)10-8-35(41(54)59)53-39(57)31-20-30(34(47)21-32(31)40(53)58)26-13-15-51(16-14-26)24-25-11-17-52(18-12-25)36-9-6-28(23-50-36)38(49)56/h5-7,9,19-21,23,25-26,35,42-43H,8,10-18,24H2,1-4H3,(H2,49,56). The number of pyridine rings is 1. The molecule has 1 unspecified atom stereocenters. The molecule has 15 heteroatoms. The summed E-state index contributed by atoms with van der Waals surface area (Å²) in [5.74, 6) is -1.82. The number of nitrogens with two attached hydrogens (primary N) is 1. The second-order valence-corrected chi connectivity index (χ2v) is 18.5. The normalized spacial score (nSPS) is 24.6. The zero-order chi connectivity index (χ0) is 42.8. The lowest BCUT2D eigenvalue weighted by Crippen LogP contribution is -2.77. The van der Waals surface area contributed by atoms with Crippen molar-refractivity contribution in [3.63, 3.8) is 0 Å². The van der Waals surface area contributed by atoms with Gasteiger partial charge in [-0.2, -0.15) is 5.26 Å². The zero-order valence-corrected chi connectivity index (χ0v) is 35.0. The van der Waals surface area contributed by atoms with Crippen molar-refractivity contribution in [1.29, 1.82) is 5.26 Å². The van der Waals surface area contributed by atoms with Crippen LogP contribution in [0.4, 0.5) is 10.2 Å². The molecule has 1 saturated carbocycles. The number of hydrogen-bond acceptors (Lipinski definition) is 10. The number of fused-ring (bicyclic) bond motifs is 1. The van der Waals surface area contributed by atoms with E-state index in [9.17, 15) is 29.2 Å². The van der Waals surface area contributed by atoms with Crippen molar-refractivity contribution >= 4 is 47.0 Å². The van der Waals surface area contributed by atoms with Crippen LogP contribution < -0.4 is 15.4 Å². The number of imide groups is 2. The van der Waals surface area contributed by atoms with Crippen molar-refractivity contribution in [3.8, 4) is 11.8 Å². The van der Waals surface area contributed by atoms with Gasteiger partial charge in [0.15, 0.2) is 0 Å². The van der Waals surface area contributed by atoms with E-state index in [4.69, 9.17) is 22.1 Å². The monoisotopic (exact) mass is 837 g/mol. The molecule has 4 fully saturated rings. The van der Waals surface area contributed by atoms with Crippen LogP contribution >= 0.6 is 11.6 Å². The molecule has 8 rings (SSSR count). The Hall–Kier alpha value is -5.39. The molecular weight excluding hydrogens is 789 g/mol. The summed E-state index contributed by atoms with van der Waals surface area (Å²) in [7, 11) is 0. The highest BCUT2D eigenvalue weighted by Crippen LogP contribution is 2.58. The Bertz CT molecular complexity index is 2300. The average molecular weight is 838 g/mol. The second-order valence-electron chi connectivity index (χ2n) is 18.1. The topological polar surface area (TPSA) is 170 Å². The fourth-order valence-corrected chi connectivity index (χ4v) is 11.1. The summed E-state index contributed by atoms with van der Waals surface area (Å²) in [5, 5.41) is 9.53. The summed E-state index contributed by atoms with van der Waals surface area (Å²) in [6, 6.07) is 11.1. The molecule has 5 aliphatic rings. The van der Waals surface area contributed by atoms with Crippen LogP contribution in [0.15, 0.2) is 48.7 Å². The average Bonchev–Trinajstić information content (AvgIpc) is 3.45. The molecule has 4 aliphatic heterocycles. The molecule has 0 spiro atoms. The molecule has 5 amide bonds. The first-order valence-electron chi connectivity index (χ1n) is 20.7. The van der Waals surface area contributed by atoms with Gasteiger partial charge in [0.05, 0.1) is 33.3 Å². The number of ether oxygens (including phenoxy) is 1. The van der Waals surface area contributed by atoms with Gasteiger partial charge in [-0.05, 0) is 99.0 Å². The van der Waals surface area contributed by atoms with Crippen LogP contribution in [-0.4, -0.2) is 100 Å². The number of rotatable bonds is 9. The van der Waals surface area contributed by atoms with Crippen molar-refractivity contribution in [2.24, 2.45) is 22.5 Å². The molecule has 0 radical (unpaired) electrons. The van der Waals surface area contributed by atoms with Crippen molar-refractivity contribution in [2.75, 3.05) is 37.6 Å². The van der Waals surface area contributed by atoms with Crippen molar-refractivity contribution in [2.45, 2.75) is 90.3 Å². The molecule has 0 bridgehead atoms. The zero-order valence-electron chi connectivity index (χ0n) is 34.2. The van der Waals surface area contributed by atoms with E-state index in [2.05, 4.69) is 14.8 Å². The maximum absolute atomic E-state index is 15.9. The predicted molar refractivity (Wildman–Crippen MR) is 220 cm³/mol. The minimum absolute atomic E-state index is 0.0232. The third kappa shape index (κ3) is 7.09. The van der Waals surface area contributed by atoms with Crippen molar-refractivity contribution < 1.29 is 33.1 Å². The smallest absolute Gasteiger partial charge is 0.262 e. The van der Waals surface area contributed by atoms with Crippen molar-refractivity contribution in [3.05, 3.63) is 87.3 Å². The van der Waals surface area contributed by atoms with E-state index >= 15 is 4.39 Å². The molecule has 1 atom stereocenters. The number of carbonyl (C=O) groups is 5. The summed E-state index contributed by atoms with van der Waals surface area (Å²) in [5.41, 5.74) is 4.97. The van der Waals surface area contributed by atoms with Gasteiger partial charge in [0.25, 0.3) is 17.7 Å². The minimum Gasteiger partial charge on any atom is -0.489 e. The number of anilines is 1. The first-order chi connectivity index (χ1) is 28.5. The molecule has 1 aliphatic carbocycles. The highest BCUT2D eigenvalue weighted by Gasteiger charge is 2.68. The lowest BCUT2D eigenvalue weighted by Gasteiger charge is -2.65. The highest BCUT2D eigenvalue weighted by atomic mass is 35.5. The fraction of sp³-hybridized carbons (Fsp3) is 0.489. The highest BCUT2D eigenvalue weighted by molar-refractivity contribution is 6.31. The summed E-state index contributed by atoms with van der Waals surface area (Å²) < 4.78 is 22.3. The third-order valence-electron chi connectivity index (χ3n) is 13.6. The number of amides is 5. The van der Waals surface area contributed by atoms with Gasteiger partial charge in [0, 0.05) is 49.1 Å². The number of hydrogen-bond donors (Lipinski definition) is 1. The Kier molecular flexibility index (Phi) is 10.7. The Labute approximate surface area is 353 Å². The molecule has 3 aromatic rings. The number of aromatic nitrogens is 1. The number of halogens is 2. The predicted octanol–water partition coefficient (Wildman–Crippen LogP) is 5.94. The van der Waals surface area contributed by atoms with Gasteiger partial charge >= 0.3 is 0 Å². The summed E-state index contributed by atoms with van der Waals surface area (Å²) in [6.45, 7) is 11.8. The van der Waals surface area contributed by atoms with E-state index in [0.717, 1.165) is 62.3 Å². The van der Waals surface area contributed by atoms with Gasteiger partial charge in [-0.25, -0.2) is 9.37 Å². The molecule has 314 valence electrons. The van der Waals surface area contributed by atoms with Crippen LogP contribution in [0.3, 0.4) is 0 Å². The maximum Gasteiger partial charge on any atom is 0.262 e. The molecule has 3 saturated heterocycles. The van der Waals surface area contributed by atoms with Gasteiger partial charge in [-0.15, -0.1) is 0 Å². The number of carbonyl (C=O) groups excluding carboxylic acids is 5. The first-order valence-corrected chi connectivity index (χ1v) is 21.1. The number of benzene rings is 2. The van der Waals surface area contributed by atoms with E-state index in [1.54, 1.807) is 24.3 Å². The molecule has 2 N–H and O–H groups in total. The lowest BCUT2D eigenvalue weighted by molar-refractivity contribution is -0.216. The minimum atomic E-state index is -1.22. The SMILES string of the molecule is CC1(C)C(Oc2ccc(C#N)c(Cl)c2)C(C)(C)C1N1C(=O)CCC(N2C(=O)c3cc(F)c(C4CCN(CC5CCN(c6ccc(C(N)=O)cn6)CC5)CC4)cc3C2=O)C1=O. The fourth-order valence-electron chi connectivity index (χ4n) is 10.9. The summed E-state index contributed by atoms with van der Waals surface area (Å²) >= 11 is 6.27. The number of nitrogens with zero attached hydrogens (tertiary/aromatic N) is 6. The van der Waals surface area contributed by atoms with E-state index in [1.165, 1.54) is 17.2 Å². The van der Waals surface area contributed by atoms with E-state index in [-0.39, 0.29) is 34.9 Å². The summed E-state index contributed by atoms with van der Waals surface area (Å²) in [6.07, 6.45) is 4.37. The first kappa shape index (κ1) is 41.3. The van der Waals surface area contributed by atoms with E-state index < -0.39 is 64.4 Å². The summed E-state index contributed by atoms with van der Waals surface area (Å²) in [4.78, 5) is 78.6. The van der Waals surface area contributed by atoms with Gasteiger partial charge in [0.2, 0.25) is 11.8 Å². The molecule has 60 heavy (non-hydrogen) atoms. The molecule has 2 aromatic carbocycles. The van der Waals surface area contributed by atoms with Gasteiger partial charge in [-0.3, -0.25) is 33.8 Å². The quantitative estimate of drug-likeness (QED) is 0.255. The van der Waals surface area contributed by atoms with Crippen LogP contribution in [0.2, 0.25) is 5.02 Å². The van der Waals surface area contributed by atoms with E-state index in [0.29, 0.717) is 41.2 Å². The Morgan fingerprint density at radius 2 is 1.58 bits per heavy atom. The second kappa shape index (κ2) is 15.6. The number of piperidine rings is 3. The molecule has 1 aromatic heterocycles. The van der Waals surface area contributed by atoms with Crippen LogP contribution in [-0.2, 0) is 9.59 Å². The molecular formula is C45H49ClFN7O6. The number of primary amides is 1. The molecule has 5 heterocycles. The Morgan fingerprint density at radius 1 is 0.917 bits per heavy atom. The van der Waals surface area contributed by atoms with Crippen molar-refractivity contribution in [1.82, 2.24) is 19.7 Å². The lowest BCUT2D eigenvalue weighted by atomic mass is 9.48. The van der Waals surface area contributed by atoms with E-state index in [1.807, 2.05) is 39.8 Å². The Balaban J connectivity index is 0.903. The van der Waals surface area contributed by atoms with Crippen LogP contribution in [0.25, 0.3) is 0 Å². The van der Waals surface area contributed by atoms with Gasteiger partial charge in [0.1, 0.15) is 35.6 Å². The Morgan fingerprint density at radius 3 is 2.18 bits per heavy atom. The number of likely N-dealkylation sites (tertiary alicyclic amines) is 2. The number of nitriles is 1. The van der Waals surface area contributed by atoms with Crippen LogP contribution in [0.5, 0.6) is 5.75 Å². The molecule has 13 nitrogen and oxygen atoms in total. The largest absolute Gasteiger partial charge is 0.489 e. The van der Waals surface area contributed by atoms with Gasteiger partial charge in [-0.1, -0.05) is 39.3 Å².